The van der Waals surface area contributed by atoms with Crippen molar-refractivity contribution in [1.82, 2.24) is 4.90 Å². The number of benzene rings is 3. The van der Waals surface area contributed by atoms with Gasteiger partial charge in [0.15, 0.2) is 12.2 Å². The summed E-state index contributed by atoms with van der Waals surface area (Å²) in [5.74, 6) is -0.825. The molecule has 3 aromatic rings. The van der Waals surface area contributed by atoms with Crippen molar-refractivity contribution in [2.45, 2.75) is 43.7 Å². The fourth-order valence-corrected chi connectivity index (χ4v) is 4.46. The average Bonchev–Trinajstić information content (AvgIpc) is 3.25. The van der Waals surface area contributed by atoms with Gasteiger partial charge in [-0.3, -0.25) is 4.79 Å². The smallest absolute Gasteiger partial charge is 0.338 e. The van der Waals surface area contributed by atoms with Crippen molar-refractivity contribution in [3.8, 4) is 0 Å². The Hall–Kier alpha value is -3.52. The maximum absolute atomic E-state index is 13.3. The van der Waals surface area contributed by atoms with Crippen LogP contribution in [0, 0.1) is 0 Å². The van der Waals surface area contributed by atoms with Crippen LogP contribution in [-0.2, 0) is 30.4 Å². The maximum atomic E-state index is 13.3. The van der Waals surface area contributed by atoms with Crippen LogP contribution < -0.4 is 0 Å². The van der Waals surface area contributed by atoms with E-state index in [1.165, 1.54) is 0 Å². The van der Waals surface area contributed by atoms with Crippen LogP contribution in [0.25, 0.3) is 0 Å². The fraction of sp³-hybridized carbons (Fsp3) is 0.286. The molecule has 0 spiro atoms. The van der Waals surface area contributed by atoms with Crippen molar-refractivity contribution >= 4 is 11.9 Å². The van der Waals surface area contributed by atoms with Gasteiger partial charge in [0.1, 0.15) is 18.4 Å². The van der Waals surface area contributed by atoms with E-state index in [0.29, 0.717) is 6.42 Å². The SMILES string of the molecule is O=C(OC(c1ccccc1)c1ccccc1)[C@H](O)[C@H](OCc1ccccc1)[C@H]1CN2C(=O)C[C@@H]2O1. The number of amides is 1. The minimum absolute atomic E-state index is 0.00963. The van der Waals surface area contributed by atoms with Gasteiger partial charge in [-0.1, -0.05) is 91.0 Å². The quantitative estimate of drug-likeness (QED) is 0.380. The van der Waals surface area contributed by atoms with E-state index in [0.717, 1.165) is 16.7 Å². The number of carbonyl (C=O) groups is 2. The van der Waals surface area contributed by atoms with Gasteiger partial charge in [-0.05, 0) is 16.7 Å². The first-order chi connectivity index (χ1) is 17.1. The number of aliphatic hydroxyl groups is 1. The third-order valence-electron chi connectivity index (χ3n) is 6.37. The molecule has 4 atom stereocenters. The molecule has 3 aromatic carbocycles. The molecule has 7 heteroatoms. The van der Waals surface area contributed by atoms with E-state index < -0.39 is 30.4 Å². The van der Waals surface area contributed by atoms with Crippen molar-refractivity contribution in [3.05, 3.63) is 108 Å². The molecule has 2 saturated heterocycles. The summed E-state index contributed by atoms with van der Waals surface area (Å²) in [6.45, 7) is 0.434. The highest BCUT2D eigenvalue weighted by molar-refractivity contribution is 5.83. The highest BCUT2D eigenvalue weighted by Gasteiger charge is 2.50. The molecular weight excluding hydrogens is 446 g/mol. The minimum Gasteiger partial charge on any atom is -0.451 e. The number of aliphatic hydroxyl groups excluding tert-OH is 1. The van der Waals surface area contributed by atoms with Gasteiger partial charge >= 0.3 is 5.97 Å². The molecule has 180 valence electrons. The van der Waals surface area contributed by atoms with E-state index >= 15 is 0 Å². The Morgan fingerprint density at radius 2 is 1.51 bits per heavy atom. The molecular formula is C28H27NO6. The Morgan fingerprint density at radius 3 is 2.06 bits per heavy atom. The number of hydrogen-bond donors (Lipinski definition) is 1. The van der Waals surface area contributed by atoms with Crippen LogP contribution >= 0.6 is 0 Å². The van der Waals surface area contributed by atoms with Crippen LogP contribution in [0.3, 0.4) is 0 Å². The third kappa shape index (κ3) is 5.12. The highest BCUT2D eigenvalue weighted by atomic mass is 16.6. The first kappa shape index (κ1) is 23.2. The van der Waals surface area contributed by atoms with E-state index in [4.69, 9.17) is 14.2 Å². The predicted octanol–water partition coefficient (Wildman–Crippen LogP) is 3.22. The molecule has 1 amide bonds. The van der Waals surface area contributed by atoms with Crippen LogP contribution in [0.4, 0.5) is 0 Å². The lowest BCUT2D eigenvalue weighted by atomic mass is 10.0. The molecule has 0 radical (unpaired) electrons. The number of carbonyl (C=O) groups excluding carboxylic acids is 2. The van der Waals surface area contributed by atoms with Crippen molar-refractivity contribution in [3.63, 3.8) is 0 Å². The van der Waals surface area contributed by atoms with E-state index in [2.05, 4.69) is 0 Å². The van der Waals surface area contributed by atoms with E-state index in [9.17, 15) is 14.7 Å². The second-order valence-corrected chi connectivity index (χ2v) is 8.72. The van der Waals surface area contributed by atoms with E-state index in [1.807, 2.05) is 91.0 Å². The number of nitrogens with zero attached hydrogens (tertiary/aromatic N) is 1. The summed E-state index contributed by atoms with van der Waals surface area (Å²) in [4.78, 5) is 26.7. The Labute approximate surface area is 203 Å². The maximum Gasteiger partial charge on any atom is 0.338 e. The molecule has 0 aliphatic carbocycles. The molecule has 0 unspecified atom stereocenters. The molecule has 0 saturated carbocycles. The van der Waals surface area contributed by atoms with Crippen molar-refractivity contribution in [2.24, 2.45) is 0 Å². The van der Waals surface area contributed by atoms with Gasteiger partial charge in [-0.25, -0.2) is 4.79 Å². The summed E-state index contributed by atoms with van der Waals surface area (Å²) in [6, 6.07) is 28.2. The molecule has 0 bridgehead atoms. The van der Waals surface area contributed by atoms with Gasteiger partial charge in [0.2, 0.25) is 5.91 Å². The second-order valence-electron chi connectivity index (χ2n) is 8.72. The Morgan fingerprint density at radius 1 is 0.943 bits per heavy atom. The molecule has 0 aromatic heterocycles. The highest BCUT2D eigenvalue weighted by Crippen LogP contribution is 2.33. The van der Waals surface area contributed by atoms with Crippen LogP contribution in [0.1, 0.15) is 29.2 Å². The normalized spacial score (nSPS) is 20.7. The summed E-state index contributed by atoms with van der Waals surface area (Å²) in [5.41, 5.74) is 2.46. The van der Waals surface area contributed by atoms with Gasteiger partial charge in [0.05, 0.1) is 19.6 Å². The molecule has 5 rings (SSSR count). The topological polar surface area (TPSA) is 85.3 Å². The monoisotopic (exact) mass is 473 g/mol. The standard InChI is InChI=1S/C28H27NO6/c30-23-16-24-29(23)17-22(34-24)27(33-18-19-10-4-1-5-11-19)25(31)28(32)35-26(20-12-6-2-7-13-20)21-14-8-3-9-15-21/h1-15,22,24-27,31H,16-18H2/t22-,24+,25-,27-/m1/s1. The molecule has 1 N–H and O–H groups in total. The molecule has 2 aliphatic heterocycles. The molecule has 2 heterocycles. The van der Waals surface area contributed by atoms with Crippen molar-refractivity contribution < 1.29 is 28.9 Å². The summed E-state index contributed by atoms with van der Waals surface area (Å²) in [5, 5.41) is 11.1. The zero-order valence-electron chi connectivity index (χ0n) is 19.1. The third-order valence-corrected chi connectivity index (χ3v) is 6.37. The predicted molar refractivity (Wildman–Crippen MR) is 127 cm³/mol. The first-order valence-corrected chi connectivity index (χ1v) is 11.7. The zero-order chi connectivity index (χ0) is 24.2. The van der Waals surface area contributed by atoms with Gasteiger partial charge < -0.3 is 24.2 Å². The molecule has 7 nitrogen and oxygen atoms in total. The lowest BCUT2D eigenvalue weighted by molar-refractivity contribution is -0.180. The fourth-order valence-electron chi connectivity index (χ4n) is 4.46. The molecule has 2 aliphatic rings. The van der Waals surface area contributed by atoms with Crippen molar-refractivity contribution in [2.75, 3.05) is 6.54 Å². The van der Waals surface area contributed by atoms with Crippen LogP contribution in [-0.4, -0.2) is 53.0 Å². The number of esters is 1. The summed E-state index contributed by atoms with van der Waals surface area (Å²) in [6.07, 6.45) is -3.99. The number of rotatable bonds is 9. The summed E-state index contributed by atoms with van der Waals surface area (Å²) >= 11 is 0. The lowest BCUT2D eigenvalue weighted by Gasteiger charge is -2.31. The molecule has 35 heavy (non-hydrogen) atoms. The number of ether oxygens (including phenoxy) is 3. The van der Waals surface area contributed by atoms with Crippen LogP contribution in [0.2, 0.25) is 0 Å². The van der Waals surface area contributed by atoms with Crippen LogP contribution in [0.5, 0.6) is 0 Å². The Balaban J connectivity index is 1.35. The average molecular weight is 474 g/mol. The first-order valence-electron chi connectivity index (χ1n) is 11.7. The van der Waals surface area contributed by atoms with E-state index in [1.54, 1.807) is 4.90 Å². The van der Waals surface area contributed by atoms with Gasteiger partial charge in [-0.15, -0.1) is 0 Å². The van der Waals surface area contributed by atoms with Gasteiger partial charge in [0, 0.05) is 0 Å². The second kappa shape index (κ2) is 10.4. The van der Waals surface area contributed by atoms with E-state index in [-0.39, 0.29) is 25.3 Å². The Kier molecular flexibility index (Phi) is 6.90. The number of fused-ring (bicyclic) bond motifs is 1. The largest absolute Gasteiger partial charge is 0.451 e. The summed E-state index contributed by atoms with van der Waals surface area (Å²) in [7, 11) is 0. The lowest BCUT2D eigenvalue weighted by Crippen LogP contribution is -2.49. The van der Waals surface area contributed by atoms with Crippen LogP contribution in [0.15, 0.2) is 91.0 Å². The Bertz CT molecular complexity index is 1100. The van der Waals surface area contributed by atoms with Gasteiger partial charge in [0.25, 0.3) is 0 Å². The minimum atomic E-state index is -1.60. The van der Waals surface area contributed by atoms with Gasteiger partial charge in [-0.2, -0.15) is 0 Å². The number of hydrogen-bond acceptors (Lipinski definition) is 6. The number of β-lactam (4-membered cyclic amide) rings is 1. The molecule has 2 fully saturated rings. The zero-order valence-corrected chi connectivity index (χ0v) is 19.1. The summed E-state index contributed by atoms with van der Waals surface area (Å²) < 4.78 is 17.8. The van der Waals surface area contributed by atoms with Crippen molar-refractivity contribution in [1.29, 1.82) is 0 Å².